The number of rotatable bonds is 7. The maximum Gasteiger partial charge on any atom is 0.307 e. The van der Waals surface area contributed by atoms with Crippen molar-refractivity contribution in [3.63, 3.8) is 0 Å². The first-order valence-corrected chi connectivity index (χ1v) is 5.10. The van der Waals surface area contributed by atoms with Crippen molar-refractivity contribution in [1.29, 1.82) is 0 Å². The smallest absolute Gasteiger partial charge is 0.307 e. The molecule has 2 unspecified atom stereocenters. The zero-order valence-electron chi connectivity index (χ0n) is 9.36. The van der Waals surface area contributed by atoms with Crippen LogP contribution in [-0.2, 0) is 4.79 Å². The Morgan fingerprint density at radius 3 is 2.50 bits per heavy atom. The number of hydrogen-bond acceptors (Lipinski definition) is 2. The quantitative estimate of drug-likeness (QED) is 0.637. The van der Waals surface area contributed by atoms with Crippen LogP contribution in [0.25, 0.3) is 0 Å². The summed E-state index contributed by atoms with van der Waals surface area (Å²) in [5.41, 5.74) is 0. The third kappa shape index (κ3) is 4.42. The van der Waals surface area contributed by atoms with Crippen LogP contribution >= 0.6 is 0 Å². The molecule has 1 N–H and O–H groups in total. The molecule has 0 saturated heterocycles. The van der Waals surface area contributed by atoms with Gasteiger partial charge in [-0.25, -0.2) is 0 Å². The second-order valence-electron chi connectivity index (χ2n) is 3.74. The summed E-state index contributed by atoms with van der Waals surface area (Å²) in [7, 11) is 0. The number of carboxylic acid groups (broad SMARTS) is 1. The van der Waals surface area contributed by atoms with Gasteiger partial charge in [0.1, 0.15) is 0 Å². The second kappa shape index (κ2) is 6.60. The Labute approximate surface area is 86.4 Å². The van der Waals surface area contributed by atoms with Gasteiger partial charge in [0.25, 0.3) is 0 Å². The van der Waals surface area contributed by atoms with Crippen LogP contribution in [-0.4, -0.2) is 35.1 Å². The molecule has 0 aromatic rings. The average Bonchev–Trinajstić information content (AvgIpc) is 2.15. The highest BCUT2D eigenvalue weighted by atomic mass is 16.4. The molecule has 0 aliphatic rings. The van der Waals surface area contributed by atoms with Crippen LogP contribution in [0.5, 0.6) is 0 Å². The van der Waals surface area contributed by atoms with Gasteiger partial charge in [-0.15, -0.1) is 6.58 Å². The largest absolute Gasteiger partial charge is 0.481 e. The summed E-state index contributed by atoms with van der Waals surface area (Å²) in [6.45, 7) is 11.0. The lowest BCUT2D eigenvalue weighted by Gasteiger charge is -2.28. The predicted octanol–water partition coefficient (Wildman–Crippen LogP) is 1.99. The standard InChI is InChI=1S/C11H21NO2/c1-5-7-12(10(4)6-2)8-9(3)11(13)14/h5,9-10H,1,6-8H2,2-4H3,(H,13,14). The van der Waals surface area contributed by atoms with E-state index in [1.165, 1.54) is 0 Å². The van der Waals surface area contributed by atoms with Crippen molar-refractivity contribution in [2.24, 2.45) is 5.92 Å². The van der Waals surface area contributed by atoms with E-state index in [2.05, 4.69) is 25.3 Å². The van der Waals surface area contributed by atoms with Gasteiger partial charge in [0.2, 0.25) is 0 Å². The molecular formula is C11H21NO2. The van der Waals surface area contributed by atoms with Gasteiger partial charge in [-0.1, -0.05) is 19.9 Å². The molecule has 0 bridgehead atoms. The monoisotopic (exact) mass is 199 g/mol. The molecule has 0 spiro atoms. The molecule has 0 heterocycles. The van der Waals surface area contributed by atoms with Crippen LogP contribution in [0, 0.1) is 5.92 Å². The van der Waals surface area contributed by atoms with Crippen molar-refractivity contribution >= 4 is 5.97 Å². The van der Waals surface area contributed by atoms with Gasteiger partial charge in [-0.05, 0) is 13.3 Å². The van der Waals surface area contributed by atoms with E-state index in [4.69, 9.17) is 5.11 Å². The molecule has 0 amide bonds. The molecule has 0 saturated carbocycles. The van der Waals surface area contributed by atoms with Crippen molar-refractivity contribution in [3.05, 3.63) is 12.7 Å². The first-order valence-electron chi connectivity index (χ1n) is 5.10. The third-order valence-electron chi connectivity index (χ3n) is 2.51. The van der Waals surface area contributed by atoms with Crippen molar-refractivity contribution in [2.75, 3.05) is 13.1 Å². The highest BCUT2D eigenvalue weighted by Gasteiger charge is 2.18. The summed E-state index contributed by atoms with van der Waals surface area (Å²) in [4.78, 5) is 12.8. The summed E-state index contributed by atoms with van der Waals surface area (Å²) >= 11 is 0. The van der Waals surface area contributed by atoms with Crippen LogP contribution in [0.3, 0.4) is 0 Å². The highest BCUT2D eigenvalue weighted by Crippen LogP contribution is 2.07. The minimum Gasteiger partial charge on any atom is -0.481 e. The van der Waals surface area contributed by atoms with Crippen molar-refractivity contribution in [1.82, 2.24) is 4.90 Å². The Morgan fingerprint density at radius 2 is 2.14 bits per heavy atom. The SMILES string of the molecule is C=CCN(CC(C)C(=O)O)C(C)CC. The average molecular weight is 199 g/mol. The topological polar surface area (TPSA) is 40.5 Å². The molecule has 0 aromatic carbocycles. The van der Waals surface area contributed by atoms with E-state index < -0.39 is 5.97 Å². The zero-order chi connectivity index (χ0) is 11.1. The lowest BCUT2D eigenvalue weighted by atomic mass is 10.1. The van der Waals surface area contributed by atoms with E-state index in [0.29, 0.717) is 12.6 Å². The van der Waals surface area contributed by atoms with Crippen LogP contribution in [0.15, 0.2) is 12.7 Å². The molecule has 3 nitrogen and oxygen atoms in total. The molecule has 0 rings (SSSR count). The molecule has 0 aliphatic carbocycles. The van der Waals surface area contributed by atoms with E-state index >= 15 is 0 Å². The third-order valence-corrected chi connectivity index (χ3v) is 2.51. The normalized spacial score (nSPS) is 15.1. The molecule has 0 aliphatic heterocycles. The zero-order valence-corrected chi connectivity index (χ0v) is 9.36. The lowest BCUT2D eigenvalue weighted by molar-refractivity contribution is -0.141. The first-order chi connectivity index (χ1) is 6.52. The van der Waals surface area contributed by atoms with Gasteiger partial charge in [0, 0.05) is 19.1 Å². The number of aliphatic carboxylic acids is 1. The van der Waals surface area contributed by atoms with Crippen LogP contribution in [0.1, 0.15) is 27.2 Å². The molecule has 0 fully saturated rings. The fraction of sp³-hybridized carbons (Fsp3) is 0.727. The second-order valence-corrected chi connectivity index (χ2v) is 3.74. The van der Waals surface area contributed by atoms with E-state index in [1.807, 2.05) is 6.08 Å². The van der Waals surface area contributed by atoms with E-state index in [-0.39, 0.29) is 5.92 Å². The van der Waals surface area contributed by atoms with Gasteiger partial charge in [-0.3, -0.25) is 9.69 Å². The Hall–Kier alpha value is -0.830. The first kappa shape index (κ1) is 13.2. The Balaban J connectivity index is 4.21. The van der Waals surface area contributed by atoms with Gasteiger partial charge in [0.15, 0.2) is 0 Å². The summed E-state index contributed by atoms with van der Waals surface area (Å²) in [5, 5.41) is 8.80. The number of hydrogen-bond donors (Lipinski definition) is 1. The maximum absolute atomic E-state index is 10.7. The number of carboxylic acids is 1. The highest BCUT2D eigenvalue weighted by molar-refractivity contribution is 5.69. The van der Waals surface area contributed by atoms with E-state index in [1.54, 1.807) is 6.92 Å². The fourth-order valence-electron chi connectivity index (χ4n) is 1.29. The molecular weight excluding hydrogens is 178 g/mol. The van der Waals surface area contributed by atoms with Gasteiger partial charge < -0.3 is 5.11 Å². The van der Waals surface area contributed by atoms with E-state index in [9.17, 15) is 4.79 Å². The Morgan fingerprint density at radius 1 is 1.57 bits per heavy atom. The molecule has 82 valence electrons. The minimum atomic E-state index is -0.734. The maximum atomic E-state index is 10.7. The van der Waals surface area contributed by atoms with Gasteiger partial charge in [-0.2, -0.15) is 0 Å². The van der Waals surface area contributed by atoms with Gasteiger partial charge in [0.05, 0.1) is 5.92 Å². The summed E-state index contributed by atoms with van der Waals surface area (Å²) in [6, 6.07) is 0.412. The van der Waals surface area contributed by atoms with Crippen LogP contribution < -0.4 is 0 Å². The van der Waals surface area contributed by atoms with Gasteiger partial charge >= 0.3 is 5.97 Å². The van der Waals surface area contributed by atoms with Crippen molar-refractivity contribution < 1.29 is 9.90 Å². The Kier molecular flexibility index (Phi) is 6.21. The molecule has 3 heteroatoms. The van der Waals surface area contributed by atoms with Crippen molar-refractivity contribution in [2.45, 2.75) is 33.2 Å². The van der Waals surface area contributed by atoms with Crippen molar-refractivity contribution in [3.8, 4) is 0 Å². The number of carbonyl (C=O) groups is 1. The van der Waals surface area contributed by atoms with E-state index in [0.717, 1.165) is 13.0 Å². The summed E-state index contributed by atoms with van der Waals surface area (Å²) in [5.74, 6) is -1.05. The van der Waals surface area contributed by atoms with Crippen LogP contribution in [0.4, 0.5) is 0 Å². The van der Waals surface area contributed by atoms with Crippen LogP contribution in [0.2, 0.25) is 0 Å². The fourth-order valence-corrected chi connectivity index (χ4v) is 1.29. The Bertz CT molecular complexity index is 192. The molecule has 2 atom stereocenters. The summed E-state index contributed by atoms with van der Waals surface area (Å²) < 4.78 is 0. The number of nitrogens with zero attached hydrogens (tertiary/aromatic N) is 1. The predicted molar refractivity (Wildman–Crippen MR) is 58.3 cm³/mol. The lowest BCUT2D eigenvalue weighted by Crippen LogP contribution is -2.38. The minimum absolute atomic E-state index is 0.316. The summed E-state index contributed by atoms with van der Waals surface area (Å²) in [6.07, 6.45) is 2.85. The molecule has 0 aromatic heterocycles. The molecule has 14 heavy (non-hydrogen) atoms. The molecule has 0 radical (unpaired) electrons.